The SMILES string of the molecule is Cc1cc(C(=O)Cn2cnc3c(Cl)cc(Cl)cc3c2=O)c(C)n1C[C@H]1CCCO1. The molecule has 1 aliphatic rings. The van der Waals surface area contributed by atoms with Crippen LogP contribution in [0, 0.1) is 13.8 Å². The van der Waals surface area contributed by atoms with Crippen molar-refractivity contribution in [1.29, 1.82) is 0 Å². The average molecular weight is 434 g/mol. The molecule has 4 rings (SSSR count). The van der Waals surface area contributed by atoms with Crippen LogP contribution >= 0.6 is 23.2 Å². The lowest BCUT2D eigenvalue weighted by Crippen LogP contribution is -2.25. The molecule has 0 spiro atoms. The quantitative estimate of drug-likeness (QED) is 0.565. The highest BCUT2D eigenvalue weighted by Crippen LogP contribution is 2.24. The van der Waals surface area contributed by atoms with Crippen LogP contribution in [0.15, 0.2) is 29.3 Å². The summed E-state index contributed by atoms with van der Waals surface area (Å²) >= 11 is 12.1. The maximum absolute atomic E-state index is 13.0. The van der Waals surface area contributed by atoms with Crippen molar-refractivity contribution in [2.24, 2.45) is 0 Å². The number of nitrogens with zero attached hydrogens (tertiary/aromatic N) is 3. The minimum Gasteiger partial charge on any atom is -0.376 e. The summed E-state index contributed by atoms with van der Waals surface area (Å²) in [7, 11) is 0. The zero-order valence-corrected chi connectivity index (χ0v) is 17.8. The standard InChI is InChI=1S/C21H21Cl2N3O3/c1-12-6-16(13(2)26(12)9-15-4-3-5-29-15)19(27)10-25-11-24-20-17(21(25)28)7-14(22)8-18(20)23/h6-8,11,15H,3-5,9-10H2,1-2H3/t15-/m1/s1. The molecule has 0 unspecified atom stereocenters. The molecule has 3 aromatic rings. The Balaban J connectivity index is 1.63. The van der Waals surface area contributed by atoms with Crippen molar-refractivity contribution < 1.29 is 9.53 Å². The first-order valence-electron chi connectivity index (χ1n) is 9.51. The number of aromatic nitrogens is 3. The zero-order chi connectivity index (χ0) is 20.7. The van der Waals surface area contributed by atoms with E-state index in [0.29, 0.717) is 26.5 Å². The number of halogens is 2. The fourth-order valence-corrected chi connectivity index (χ4v) is 4.45. The van der Waals surface area contributed by atoms with Crippen LogP contribution in [0.5, 0.6) is 0 Å². The smallest absolute Gasteiger partial charge is 0.261 e. The number of carbonyl (C=O) groups is 1. The molecule has 1 fully saturated rings. The van der Waals surface area contributed by atoms with Crippen molar-refractivity contribution in [3.8, 4) is 0 Å². The van der Waals surface area contributed by atoms with Gasteiger partial charge in [-0.3, -0.25) is 14.2 Å². The molecule has 29 heavy (non-hydrogen) atoms. The van der Waals surface area contributed by atoms with E-state index in [0.717, 1.165) is 37.4 Å². The third kappa shape index (κ3) is 3.84. The van der Waals surface area contributed by atoms with Gasteiger partial charge in [-0.25, -0.2) is 4.98 Å². The number of fused-ring (bicyclic) bond motifs is 1. The highest BCUT2D eigenvalue weighted by atomic mass is 35.5. The summed E-state index contributed by atoms with van der Waals surface area (Å²) in [5.74, 6) is -0.145. The maximum atomic E-state index is 13.0. The highest BCUT2D eigenvalue weighted by Gasteiger charge is 2.21. The number of aryl methyl sites for hydroxylation is 1. The Labute approximate surface area is 178 Å². The van der Waals surface area contributed by atoms with Gasteiger partial charge in [0, 0.05) is 35.1 Å². The van der Waals surface area contributed by atoms with E-state index in [4.69, 9.17) is 27.9 Å². The molecule has 1 saturated heterocycles. The van der Waals surface area contributed by atoms with Gasteiger partial charge in [-0.05, 0) is 44.9 Å². The molecule has 8 heteroatoms. The third-order valence-corrected chi connectivity index (χ3v) is 5.95. The molecule has 0 amide bonds. The van der Waals surface area contributed by atoms with Crippen LogP contribution in [0.1, 0.15) is 34.6 Å². The van der Waals surface area contributed by atoms with E-state index >= 15 is 0 Å². The van der Waals surface area contributed by atoms with Crippen LogP contribution in [0.3, 0.4) is 0 Å². The number of rotatable bonds is 5. The average Bonchev–Trinajstić information content (AvgIpc) is 3.28. The van der Waals surface area contributed by atoms with Crippen LogP contribution in [-0.2, 0) is 17.8 Å². The maximum Gasteiger partial charge on any atom is 0.261 e. The van der Waals surface area contributed by atoms with Crippen LogP contribution in [0.25, 0.3) is 10.9 Å². The lowest BCUT2D eigenvalue weighted by Gasteiger charge is -2.15. The summed E-state index contributed by atoms with van der Waals surface area (Å²) in [6.07, 6.45) is 3.64. The normalized spacial score (nSPS) is 16.6. The fourth-order valence-electron chi connectivity index (χ4n) is 3.90. The van der Waals surface area contributed by atoms with E-state index < -0.39 is 0 Å². The molecular formula is C21H21Cl2N3O3. The summed E-state index contributed by atoms with van der Waals surface area (Å²) in [5.41, 5.74) is 2.52. The molecule has 0 N–H and O–H groups in total. The number of ether oxygens (including phenoxy) is 1. The number of benzene rings is 1. The fraction of sp³-hybridized carbons (Fsp3) is 0.381. The summed E-state index contributed by atoms with van der Waals surface area (Å²) in [6, 6.07) is 4.93. The molecule has 6 nitrogen and oxygen atoms in total. The first-order chi connectivity index (χ1) is 13.8. The van der Waals surface area contributed by atoms with Crippen LogP contribution in [0.4, 0.5) is 0 Å². The van der Waals surface area contributed by atoms with Crippen molar-refractivity contribution in [2.45, 2.75) is 45.9 Å². The minimum atomic E-state index is -0.346. The van der Waals surface area contributed by atoms with E-state index in [9.17, 15) is 9.59 Å². The van der Waals surface area contributed by atoms with Crippen molar-refractivity contribution >= 4 is 39.9 Å². The van der Waals surface area contributed by atoms with Crippen molar-refractivity contribution in [3.63, 3.8) is 0 Å². The Morgan fingerprint density at radius 3 is 2.79 bits per heavy atom. The second-order valence-corrected chi connectivity index (χ2v) is 8.26. The molecule has 1 aliphatic heterocycles. The predicted octanol–water partition coefficient (Wildman–Crippen LogP) is 4.18. The van der Waals surface area contributed by atoms with Gasteiger partial charge in [-0.2, -0.15) is 0 Å². The van der Waals surface area contributed by atoms with Gasteiger partial charge in [0.1, 0.15) is 0 Å². The van der Waals surface area contributed by atoms with E-state index in [-0.39, 0.29) is 24.0 Å². The van der Waals surface area contributed by atoms with Gasteiger partial charge in [-0.15, -0.1) is 0 Å². The van der Waals surface area contributed by atoms with Gasteiger partial charge in [0.05, 0.1) is 34.9 Å². The summed E-state index contributed by atoms with van der Waals surface area (Å²) in [5, 5.41) is 0.950. The molecule has 0 radical (unpaired) electrons. The Kier molecular flexibility index (Phi) is 5.51. The second kappa shape index (κ2) is 7.94. The monoisotopic (exact) mass is 433 g/mol. The van der Waals surface area contributed by atoms with E-state index in [2.05, 4.69) is 9.55 Å². The third-order valence-electron chi connectivity index (χ3n) is 5.44. The van der Waals surface area contributed by atoms with Gasteiger partial charge in [-0.1, -0.05) is 23.2 Å². The molecule has 2 aromatic heterocycles. The first-order valence-corrected chi connectivity index (χ1v) is 10.3. The molecule has 0 aliphatic carbocycles. The summed E-state index contributed by atoms with van der Waals surface area (Å²) in [6.45, 7) is 5.33. The zero-order valence-electron chi connectivity index (χ0n) is 16.2. The van der Waals surface area contributed by atoms with Gasteiger partial charge in [0.25, 0.3) is 5.56 Å². The van der Waals surface area contributed by atoms with Crippen LogP contribution < -0.4 is 5.56 Å². The molecule has 3 heterocycles. The number of Topliss-reactive ketones (excluding diaryl/α,β-unsaturated/α-hetero) is 1. The Morgan fingerprint density at radius 1 is 1.28 bits per heavy atom. The largest absolute Gasteiger partial charge is 0.376 e. The molecule has 1 atom stereocenters. The number of hydrogen-bond acceptors (Lipinski definition) is 4. The number of carbonyl (C=O) groups excluding carboxylic acids is 1. The Hall–Kier alpha value is -2.15. The molecule has 0 saturated carbocycles. The van der Waals surface area contributed by atoms with Crippen molar-refractivity contribution in [3.05, 3.63) is 61.9 Å². The second-order valence-electron chi connectivity index (χ2n) is 7.42. The molecule has 152 valence electrons. The van der Waals surface area contributed by atoms with E-state index in [1.54, 1.807) is 0 Å². The predicted molar refractivity (Wildman–Crippen MR) is 113 cm³/mol. The Morgan fingerprint density at radius 2 is 2.07 bits per heavy atom. The van der Waals surface area contributed by atoms with Crippen molar-refractivity contribution in [2.75, 3.05) is 6.61 Å². The highest BCUT2D eigenvalue weighted by molar-refractivity contribution is 6.38. The van der Waals surface area contributed by atoms with Crippen LogP contribution in [-0.4, -0.2) is 32.6 Å². The van der Waals surface area contributed by atoms with Gasteiger partial charge >= 0.3 is 0 Å². The molecule has 1 aromatic carbocycles. The van der Waals surface area contributed by atoms with E-state index in [1.165, 1.54) is 23.0 Å². The number of hydrogen-bond donors (Lipinski definition) is 0. The Bertz CT molecular complexity index is 1160. The lowest BCUT2D eigenvalue weighted by molar-refractivity contribution is 0.0948. The summed E-state index contributed by atoms with van der Waals surface area (Å²) in [4.78, 5) is 30.0. The van der Waals surface area contributed by atoms with Crippen LogP contribution in [0.2, 0.25) is 10.0 Å². The lowest BCUT2D eigenvalue weighted by atomic mass is 10.1. The van der Waals surface area contributed by atoms with Gasteiger partial charge in [0.2, 0.25) is 0 Å². The molecular weight excluding hydrogens is 413 g/mol. The van der Waals surface area contributed by atoms with E-state index in [1.807, 2.05) is 19.9 Å². The van der Waals surface area contributed by atoms with Crippen molar-refractivity contribution in [1.82, 2.24) is 14.1 Å². The molecule has 0 bridgehead atoms. The number of ketones is 1. The van der Waals surface area contributed by atoms with Gasteiger partial charge in [0.15, 0.2) is 5.78 Å². The summed E-state index contributed by atoms with van der Waals surface area (Å²) < 4.78 is 9.14. The minimum absolute atomic E-state index is 0.101. The first kappa shape index (κ1) is 20.1. The topological polar surface area (TPSA) is 66.1 Å². The van der Waals surface area contributed by atoms with Gasteiger partial charge < -0.3 is 9.30 Å².